The summed E-state index contributed by atoms with van der Waals surface area (Å²) in [7, 11) is 0. The summed E-state index contributed by atoms with van der Waals surface area (Å²) in [6.07, 6.45) is 1.82. The average Bonchev–Trinajstić information content (AvgIpc) is 3.50. The van der Waals surface area contributed by atoms with Crippen molar-refractivity contribution in [3.63, 3.8) is 0 Å². The maximum absolute atomic E-state index is 13.5. The monoisotopic (exact) mass is 546 g/mol. The average molecular weight is 547 g/mol. The molecule has 0 saturated carbocycles. The highest BCUT2D eigenvalue weighted by atomic mass is 35.5. The quantitative estimate of drug-likeness (QED) is 0.178. The summed E-state index contributed by atoms with van der Waals surface area (Å²) in [6.45, 7) is 2.87. The van der Waals surface area contributed by atoms with Crippen molar-refractivity contribution in [2.24, 2.45) is 5.73 Å². The molecule has 0 aliphatic heterocycles. The Morgan fingerprint density at radius 1 is 0.947 bits per heavy atom. The lowest BCUT2D eigenvalue weighted by Crippen LogP contribution is -2.34. The summed E-state index contributed by atoms with van der Waals surface area (Å²) in [5.74, 6) is -0.208. The molecule has 5 rings (SSSR count). The molecule has 5 N–H and O–H groups in total. The molecule has 0 radical (unpaired) electrons. The zero-order chi connectivity index (χ0) is 26.5. The molecule has 38 heavy (non-hydrogen) atoms. The van der Waals surface area contributed by atoms with Gasteiger partial charge in [-0.05, 0) is 29.8 Å². The Labute approximate surface area is 231 Å². The van der Waals surface area contributed by atoms with Crippen molar-refractivity contribution in [1.82, 2.24) is 25.2 Å². The van der Waals surface area contributed by atoms with Crippen molar-refractivity contribution < 1.29 is 4.79 Å². The van der Waals surface area contributed by atoms with Gasteiger partial charge in [0.15, 0.2) is 0 Å². The Kier molecular flexibility index (Phi) is 8.10. The van der Waals surface area contributed by atoms with Crippen molar-refractivity contribution in [2.75, 3.05) is 26.2 Å². The molecule has 7 nitrogen and oxygen atoms in total. The Hall–Kier alpha value is -3.62. The number of benzene rings is 3. The Morgan fingerprint density at radius 2 is 1.71 bits per heavy atom. The van der Waals surface area contributed by atoms with Crippen LogP contribution in [0, 0.1) is 0 Å². The van der Waals surface area contributed by atoms with E-state index in [1.807, 2.05) is 79.1 Å². The van der Waals surface area contributed by atoms with Gasteiger partial charge in [-0.25, -0.2) is 4.98 Å². The maximum atomic E-state index is 13.5. The van der Waals surface area contributed by atoms with Crippen molar-refractivity contribution in [1.29, 1.82) is 0 Å². The molecule has 0 aliphatic rings. The predicted molar refractivity (Wildman–Crippen MR) is 155 cm³/mol. The number of nitrogens with zero attached hydrogens (tertiary/aromatic N) is 2. The molecule has 0 aliphatic carbocycles. The lowest BCUT2D eigenvalue weighted by atomic mass is 10.0. The molecule has 2 heterocycles. The van der Waals surface area contributed by atoms with E-state index in [1.54, 1.807) is 0 Å². The largest absolute Gasteiger partial charge is 0.350 e. The molecule has 3 aromatic carbocycles. The molecule has 0 bridgehead atoms. The van der Waals surface area contributed by atoms with Crippen LogP contribution in [0.3, 0.4) is 0 Å². The van der Waals surface area contributed by atoms with E-state index in [2.05, 4.69) is 20.2 Å². The fraction of sp³-hybridized carbons (Fsp3) is 0.172. The van der Waals surface area contributed by atoms with Crippen molar-refractivity contribution in [3.05, 3.63) is 100 Å². The number of amides is 1. The minimum absolute atomic E-state index is 0.208. The molecule has 0 saturated heterocycles. The number of halogens is 2. The lowest BCUT2D eigenvalue weighted by molar-refractivity contribution is 0.0950. The van der Waals surface area contributed by atoms with E-state index < -0.39 is 0 Å². The summed E-state index contributed by atoms with van der Waals surface area (Å²) in [6, 6.07) is 23.3. The third-order valence-corrected chi connectivity index (χ3v) is 6.77. The van der Waals surface area contributed by atoms with Crippen LogP contribution in [0.1, 0.15) is 16.1 Å². The number of rotatable bonds is 10. The van der Waals surface area contributed by atoms with Gasteiger partial charge in [-0.1, -0.05) is 71.7 Å². The Balaban J connectivity index is 1.65. The number of carbonyl (C=O) groups is 1. The number of imidazole rings is 1. The number of fused-ring (bicyclic) bond motifs is 1. The molecule has 1 amide bonds. The van der Waals surface area contributed by atoms with E-state index in [4.69, 9.17) is 33.9 Å². The van der Waals surface area contributed by atoms with Gasteiger partial charge < -0.3 is 25.9 Å². The summed E-state index contributed by atoms with van der Waals surface area (Å²) < 4.78 is 2.07. The van der Waals surface area contributed by atoms with E-state index in [0.29, 0.717) is 48.5 Å². The van der Waals surface area contributed by atoms with Gasteiger partial charge in [-0.3, -0.25) is 4.79 Å². The fourth-order valence-corrected chi connectivity index (χ4v) is 4.82. The van der Waals surface area contributed by atoms with Crippen LogP contribution in [0.5, 0.6) is 0 Å². The first kappa shape index (κ1) is 26.0. The van der Waals surface area contributed by atoms with Gasteiger partial charge in [0.05, 0.1) is 17.7 Å². The van der Waals surface area contributed by atoms with E-state index in [-0.39, 0.29) is 5.91 Å². The molecule has 0 atom stereocenters. The molecule has 2 aromatic heterocycles. The SMILES string of the molecule is NCCNCCNC(=O)c1[nH]c2cc(Cl)ccc2c1-c1c(-c2ccccc2)ncn1Cc1ccc(Cl)cc1. The van der Waals surface area contributed by atoms with Gasteiger partial charge in [0, 0.05) is 64.8 Å². The van der Waals surface area contributed by atoms with Crippen molar-refractivity contribution in [3.8, 4) is 22.5 Å². The Morgan fingerprint density at radius 3 is 2.47 bits per heavy atom. The fourth-order valence-electron chi connectivity index (χ4n) is 4.52. The molecule has 194 valence electrons. The second kappa shape index (κ2) is 11.8. The number of H-pyrrole nitrogens is 1. The number of hydrogen-bond acceptors (Lipinski definition) is 4. The zero-order valence-corrected chi connectivity index (χ0v) is 22.2. The number of nitrogens with one attached hydrogen (secondary N) is 3. The van der Waals surface area contributed by atoms with E-state index in [9.17, 15) is 4.79 Å². The normalized spacial score (nSPS) is 11.2. The van der Waals surface area contributed by atoms with E-state index in [1.165, 1.54) is 0 Å². The van der Waals surface area contributed by atoms with Crippen LogP contribution in [-0.4, -0.2) is 46.6 Å². The van der Waals surface area contributed by atoms with Gasteiger partial charge in [0.2, 0.25) is 0 Å². The summed E-state index contributed by atoms with van der Waals surface area (Å²) in [4.78, 5) is 21.7. The molecular weight excluding hydrogens is 519 g/mol. The summed E-state index contributed by atoms with van der Waals surface area (Å²) >= 11 is 12.5. The molecule has 5 aromatic rings. The smallest absolute Gasteiger partial charge is 0.268 e. The zero-order valence-electron chi connectivity index (χ0n) is 20.7. The van der Waals surface area contributed by atoms with Crippen LogP contribution < -0.4 is 16.4 Å². The number of nitrogens with two attached hydrogens (primary N) is 1. The maximum Gasteiger partial charge on any atom is 0.268 e. The standard InChI is InChI=1S/C29H28Cl2N6O/c30-21-8-6-19(7-9-21)17-37-18-35-26(20-4-2-1-3-5-20)28(37)25-23-11-10-22(31)16-24(23)36-27(25)29(38)34-15-14-33-13-12-32/h1-11,16,18,33,36H,12-15,17,32H2,(H,34,38). The minimum Gasteiger partial charge on any atom is -0.350 e. The van der Waals surface area contributed by atoms with Gasteiger partial charge in [0.25, 0.3) is 5.91 Å². The summed E-state index contributed by atoms with van der Waals surface area (Å²) in [5, 5.41) is 8.37. The number of aromatic amines is 1. The summed E-state index contributed by atoms with van der Waals surface area (Å²) in [5.41, 5.74) is 11.2. The van der Waals surface area contributed by atoms with Crippen LogP contribution in [-0.2, 0) is 6.54 Å². The first-order valence-electron chi connectivity index (χ1n) is 12.4. The topological polar surface area (TPSA) is 101 Å². The molecular formula is C29H28Cl2N6O. The third kappa shape index (κ3) is 5.61. The number of hydrogen-bond donors (Lipinski definition) is 4. The number of carbonyl (C=O) groups excluding carboxylic acids is 1. The predicted octanol–water partition coefficient (Wildman–Crippen LogP) is 5.33. The highest BCUT2D eigenvalue weighted by molar-refractivity contribution is 6.31. The van der Waals surface area contributed by atoms with E-state index >= 15 is 0 Å². The van der Waals surface area contributed by atoms with Crippen LogP contribution in [0.4, 0.5) is 0 Å². The van der Waals surface area contributed by atoms with Gasteiger partial charge in [-0.15, -0.1) is 0 Å². The Bertz CT molecular complexity index is 1540. The molecule has 0 fully saturated rings. The second-order valence-electron chi connectivity index (χ2n) is 8.92. The third-order valence-electron chi connectivity index (χ3n) is 6.28. The first-order valence-corrected chi connectivity index (χ1v) is 13.2. The minimum atomic E-state index is -0.208. The van der Waals surface area contributed by atoms with Crippen molar-refractivity contribution in [2.45, 2.75) is 6.54 Å². The first-order chi connectivity index (χ1) is 18.5. The van der Waals surface area contributed by atoms with Crippen LogP contribution in [0.15, 0.2) is 79.1 Å². The van der Waals surface area contributed by atoms with Crippen molar-refractivity contribution >= 4 is 40.0 Å². The van der Waals surface area contributed by atoms with Crippen LogP contribution in [0.25, 0.3) is 33.4 Å². The van der Waals surface area contributed by atoms with Crippen LogP contribution in [0.2, 0.25) is 10.0 Å². The van der Waals surface area contributed by atoms with Gasteiger partial charge >= 0.3 is 0 Å². The molecule has 9 heteroatoms. The van der Waals surface area contributed by atoms with Gasteiger partial charge in [0.1, 0.15) is 5.69 Å². The second-order valence-corrected chi connectivity index (χ2v) is 9.79. The highest BCUT2D eigenvalue weighted by Gasteiger charge is 2.25. The van der Waals surface area contributed by atoms with E-state index in [0.717, 1.165) is 39.0 Å². The highest BCUT2D eigenvalue weighted by Crippen LogP contribution is 2.39. The van der Waals surface area contributed by atoms with Gasteiger partial charge in [-0.2, -0.15) is 0 Å². The lowest BCUT2D eigenvalue weighted by Gasteiger charge is -2.13. The molecule has 0 spiro atoms. The molecule has 0 unspecified atom stereocenters. The van der Waals surface area contributed by atoms with Crippen LogP contribution >= 0.6 is 23.2 Å². The number of aromatic nitrogens is 3.